The molecule has 0 radical (unpaired) electrons. The Morgan fingerprint density at radius 3 is 2.64 bits per heavy atom. The van der Waals surface area contributed by atoms with E-state index in [1.54, 1.807) is 0 Å². The molecule has 3 amide bonds. The van der Waals surface area contributed by atoms with E-state index >= 15 is 0 Å². The summed E-state index contributed by atoms with van der Waals surface area (Å²) < 4.78 is 0. The van der Waals surface area contributed by atoms with Crippen molar-refractivity contribution in [2.75, 3.05) is 47.3 Å². The van der Waals surface area contributed by atoms with Crippen molar-refractivity contribution in [3.63, 3.8) is 0 Å². The lowest BCUT2D eigenvalue weighted by atomic mass is 9.74. The van der Waals surface area contributed by atoms with Crippen molar-refractivity contribution in [1.82, 2.24) is 20.0 Å². The third-order valence-corrected chi connectivity index (χ3v) is 6.10. The molecule has 3 atom stereocenters. The molecule has 1 N–H and O–H groups in total. The van der Waals surface area contributed by atoms with Crippen LogP contribution in [0.1, 0.15) is 51.9 Å². The number of piperidine rings is 1. The van der Waals surface area contributed by atoms with Crippen LogP contribution in [0.3, 0.4) is 0 Å². The topological polar surface area (TPSA) is 73.0 Å². The minimum absolute atomic E-state index is 0.0817. The summed E-state index contributed by atoms with van der Waals surface area (Å²) in [4.78, 5) is 43.6. The average Bonchev–Trinajstić information content (AvgIpc) is 2.64. The lowest BCUT2D eigenvalue weighted by molar-refractivity contribution is -0.138. The summed E-state index contributed by atoms with van der Waals surface area (Å²) in [6, 6.07) is 0.108. The number of likely N-dealkylation sites (N-methyl/N-ethyl adjacent to an activating group) is 1. The van der Waals surface area contributed by atoms with E-state index in [2.05, 4.69) is 17.1 Å². The molecule has 0 spiro atoms. The molecule has 0 unspecified atom stereocenters. The normalized spacial score (nSPS) is 25.5. The Morgan fingerprint density at radius 2 is 1.96 bits per heavy atom. The van der Waals surface area contributed by atoms with Gasteiger partial charge in [0.1, 0.15) is 5.78 Å². The molecule has 160 valence electrons. The quantitative estimate of drug-likeness (QED) is 0.637. The van der Waals surface area contributed by atoms with Gasteiger partial charge in [-0.15, -0.1) is 0 Å². The van der Waals surface area contributed by atoms with Gasteiger partial charge < -0.3 is 15.1 Å². The van der Waals surface area contributed by atoms with Gasteiger partial charge in [-0.25, -0.2) is 4.79 Å². The number of Topliss-reactive ketones (excluding diaryl/α,β-unsaturated/α-hetero) is 1. The molecule has 0 aromatic heterocycles. The molecule has 28 heavy (non-hydrogen) atoms. The number of likely N-dealkylation sites (tertiary alicyclic amines) is 1. The van der Waals surface area contributed by atoms with Gasteiger partial charge in [0.05, 0.1) is 5.92 Å². The lowest BCUT2D eigenvalue weighted by Gasteiger charge is -2.45. The van der Waals surface area contributed by atoms with E-state index in [-0.39, 0.29) is 23.8 Å². The molecule has 0 aromatic carbocycles. The summed E-state index contributed by atoms with van der Waals surface area (Å²) in [6.45, 7) is 4.50. The number of nitrogens with zero attached hydrogens (tertiary/aromatic N) is 3. The molecule has 7 heteroatoms. The molecule has 1 saturated carbocycles. The molecule has 0 bridgehead atoms. The molecule has 1 aliphatic heterocycles. The molecule has 2 aliphatic rings. The van der Waals surface area contributed by atoms with Gasteiger partial charge in [0, 0.05) is 45.1 Å². The first-order chi connectivity index (χ1) is 13.3. The monoisotopic (exact) mass is 394 g/mol. The molecule has 2 fully saturated rings. The molecule has 2 rings (SSSR count). The van der Waals surface area contributed by atoms with Crippen LogP contribution in [0.5, 0.6) is 0 Å². The van der Waals surface area contributed by atoms with Crippen molar-refractivity contribution in [2.24, 2.45) is 11.8 Å². The van der Waals surface area contributed by atoms with E-state index in [4.69, 9.17) is 0 Å². The zero-order chi connectivity index (χ0) is 20.7. The minimum atomic E-state index is -0.285. The summed E-state index contributed by atoms with van der Waals surface area (Å²) >= 11 is 0. The first kappa shape index (κ1) is 22.8. The Balaban J connectivity index is 2.02. The Labute approximate surface area is 169 Å². The van der Waals surface area contributed by atoms with E-state index in [1.165, 1.54) is 4.90 Å². The molecule has 1 aliphatic carbocycles. The third-order valence-electron chi connectivity index (χ3n) is 6.10. The van der Waals surface area contributed by atoms with Gasteiger partial charge in [-0.3, -0.25) is 14.5 Å². The van der Waals surface area contributed by atoms with Crippen molar-refractivity contribution in [3.8, 4) is 0 Å². The molecule has 1 saturated heterocycles. The van der Waals surface area contributed by atoms with Crippen molar-refractivity contribution in [1.29, 1.82) is 0 Å². The number of imide groups is 1. The fraction of sp³-hybridized carbons (Fsp3) is 0.857. The van der Waals surface area contributed by atoms with Crippen LogP contribution in [-0.4, -0.2) is 85.8 Å². The Hall–Kier alpha value is -1.47. The van der Waals surface area contributed by atoms with Crippen molar-refractivity contribution in [2.45, 2.75) is 57.9 Å². The van der Waals surface area contributed by atoms with Gasteiger partial charge in [0.2, 0.25) is 5.91 Å². The van der Waals surface area contributed by atoms with E-state index < -0.39 is 0 Å². The summed E-state index contributed by atoms with van der Waals surface area (Å²) in [5, 5.41) is 2.89. The summed E-state index contributed by atoms with van der Waals surface area (Å²) in [7, 11) is 5.96. The second kappa shape index (κ2) is 10.9. The Bertz CT molecular complexity index is 552. The van der Waals surface area contributed by atoms with Gasteiger partial charge >= 0.3 is 6.03 Å². The number of fused-ring (bicyclic) bond motifs is 1. The zero-order valence-corrected chi connectivity index (χ0v) is 18.1. The maximum atomic E-state index is 13.3. The van der Waals surface area contributed by atoms with E-state index in [0.29, 0.717) is 44.3 Å². The van der Waals surface area contributed by atoms with Crippen molar-refractivity contribution >= 4 is 17.7 Å². The highest BCUT2D eigenvalue weighted by atomic mass is 16.2. The second-order valence-corrected chi connectivity index (χ2v) is 8.71. The second-order valence-electron chi connectivity index (χ2n) is 8.71. The standard InChI is InChI=1S/C21H38N4O3/c1-5-6-7-11-25(21(28)22-10-12-23(2)3)20(27)17-13-16-14-18(26)8-9-19(16)24(4)15-17/h16-17,19H,5-15H2,1-4H3,(H,22,28)/t16-,17-,19-/m1/s1. The van der Waals surface area contributed by atoms with Crippen LogP contribution in [0, 0.1) is 11.8 Å². The van der Waals surface area contributed by atoms with E-state index in [1.807, 2.05) is 26.0 Å². The lowest BCUT2D eigenvalue weighted by Crippen LogP contribution is -2.55. The summed E-state index contributed by atoms with van der Waals surface area (Å²) in [5.41, 5.74) is 0. The predicted molar refractivity (Wildman–Crippen MR) is 110 cm³/mol. The number of rotatable bonds is 8. The van der Waals surface area contributed by atoms with Crippen LogP contribution in [0.4, 0.5) is 4.79 Å². The number of amides is 3. The number of carbonyl (C=O) groups is 3. The van der Waals surface area contributed by atoms with Gasteiger partial charge in [-0.2, -0.15) is 0 Å². The highest BCUT2D eigenvalue weighted by Crippen LogP contribution is 2.36. The van der Waals surface area contributed by atoms with Gasteiger partial charge in [0.25, 0.3) is 0 Å². The number of ketones is 1. The van der Waals surface area contributed by atoms with Gasteiger partial charge in [0.15, 0.2) is 0 Å². The Kier molecular flexibility index (Phi) is 8.89. The highest BCUT2D eigenvalue weighted by Gasteiger charge is 2.42. The van der Waals surface area contributed by atoms with Gasteiger partial charge in [-0.05, 0) is 46.3 Å². The molecular weight excluding hydrogens is 356 g/mol. The van der Waals surface area contributed by atoms with E-state index in [9.17, 15) is 14.4 Å². The third kappa shape index (κ3) is 6.27. The predicted octanol–water partition coefficient (Wildman–Crippen LogP) is 1.97. The Morgan fingerprint density at radius 1 is 1.21 bits per heavy atom. The number of urea groups is 1. The fourth-order valence-corrected chi connectivity index (χ4v) is 4.53. The van der Waals surface area contributed by atoms with Crippen LogP contribution in [0.2, 0.25) is 0 Å². The number of carbonyl (C=O) groups excluding carboxylic acids is 3. The zero-order valence-electron chi connectivity index (χ0n) is 18.1. The molecule has 1 heterocycles. The minimum Gasteiger partial charge on any atom is -0.336 e. The smallest absolute Gasteiger partial charge is 0.324 e. The number of nitrogens with one attached hydrogen (secondary N) is 1. The molecule has 7 nitrogen and oxygen atoms in total. The average molecular weight is 395 g/mol. The number of unbranched alkanes of at least 4 members (excludes halogenated alkanes) is 2. The molecule has 0 aromatic rings. The first-order valence-electron chi connectivity index (χ1n) is 10.8. The number of hydrogen-bond acceptors (Lipinski definition) is 5. The maximum absolute atomic E-state index is 13.3. The maximum Gasteiger partial charge on any atom is 0.324 e. The summed E-state index contributed by atoms with van der Waals surface area (Å²) in [5.74, 6) is 0.257. The summed E-state index contributed by atoms with van der Waals surface area (Å²) in [6.07, 6.45) is 5.71. The van der Waals surface area contributed by atoms with E-state index in [0.717, 1.165) is 38.6 Å². The SMILES string of the molecule is CCCCCN(C(=O)NCCN(C)C)C(=O)[C@@H]1C[C@@H]2CC(=O)CC[C@H]2N(C)C1. The van der Waals surface area contributed by atoms with Crippen molar-refractivity contribution in [3.05, 3.63) is 0 Å². The van der Waals surface area contributed by atoms with Crippen LogP contribution in [-0.2, 0) is 9.59 Å². The van der Waals surface area contributed by atoms with Crippen LogP contribution in [0.25, 0.3) is 0 Å². The highest BCUT2D eigenvalue weighted by molar-refractivity contribution is 5.95. The van der Waals surface area contributed by atoms with Gasteiger partial charge in [-0.1, -0.05) is 19.8 Å². The molecular formula is C21H38N4O3. The fourth-order valence-electron chi connectivity index (χ4n) is 4.53. The van der Waals surface area contributed by atoms with Crippen LogP contribution in [0.15, 0.2) is 0 Å². The first-order valence-corrected chi connectivity index (χ1v) is 10.8. The van der Waals surface area contributed by atoms with Crippen molar-refractivity contribution < 1.29 is 14.4 Å². The van der Waals surface area contributed by atoms with Crippen LogP contribution >= 0.6 is 0 Å². The van der Waals surface area contributed by atoms with Crippen LogP contribution < -0.4 is 5.32 Å². The largest absolute Gasteiger partial charge is 0.336 e. The number of hydrogen-bond donors (Lipinski definition) is 1.